The number of hydrogen-bond acceptors (Lipinski definition) is 4. The molecule has 110 valence electrons. The molecule has 0 atom stereocenters. The molecule has 1 heterocycles. The van der Waals surface area contributed by atoms with E-state index in [1.165, 1.54) is 13.0 Å². The van der Waals surface area contributed by atoms with E-state index in [0.717, 1.165) is 11.1 Å². The smallest absolute Gasteiger partial charge is 0.319 e. The summed E-state index contributed by atoms with van der Waals surface area (Å²) in [6.07, 6.45) is 3.07. The number of nitrogens with zero attached hydrogens (tertiary/aromatic N) is 2. The van der Waals surface area contributed by atoms with Crippen molar-refractivity contribution in [2.75, 3.05) is 0 Å². The van der Waals surface area contributed by atoms with Crippen molar-refractivity contribution < 1.29 is 4.92 Å². The summed E-state index contributed by atoms with van der Waals surface area (Å²) in [6.45, 7) is 3.49. The van der Waals surface area contributed by atoms with Gasteiger partial charge >= 0.3 is 11.2 Å². The van der Waals surface area contributed by atoms with Gasteiger partial charge in [-0.25, -0.2) is 0 Å². The zero-order chi connectivity index (χ0) is 16.3. The summed E-state index contributed by atoms with van der Waals surface area (Å²) < 4.78 is 0. The number of nitrogens with one attached hydrogen (secondary N) is 1. The number of benzene rings is 1. The van der Waals surface area contributed by atoms with Gasteiger partial charge < -0.3 is 4.98 Å². The molecule has 2 aromatic rings. The Hall–Kier alpha value is -3.20. The van der Waals surface area contributed by atoms with Crippen LogP contribution >= 0.6 is 0 Å². The molecule has 0 spiro atoms. The lowest BCUT2D eigenvalue weighted by molar-refractivity contribution is -0.386. The van der Waals surface area contributed by atoms with Crippen LogP contribution in [-0.4, -0.2) is 9.91 Å². The van der Waals surface area contributed by atoms with E-state index in [0.29, 0.717) is 5.69 Å². The highest BCUT2D eigenvalue weighted by atomic mass is 16.6. The Morgan fingerprint density at radius 1 is 1.23 bits per heavy atom. The van der Waals surface area contributed by atoms with Gasteiger partial charge in [-0.3, -0.25) is 14.9 Å². The maximum Gasteiger partial charge on any atom is 0.342 e. The van der Waals surface area contributed by atoms with Gasteiger partial charge in [0.15, 0.2) is 0 Å². The number of aromatic nitrogens is 1. The predicted molar refractivity (Wildman–Crippen MR) is 83.3 cm³/mol. The minimum absolute atomic E-state index is 0.0225. The van der Waals surface area contributed by atoms with E-state index < -0.39 is 16.2 Å². The fourth-order valence-corrected chi connectivity index (χ4v) is 2.08. The van der Waals surface area contributed by atoms with Crippen molar-refractivity contribution >= 4 is 17.8 Å². The molecule has 0 aliphatic carbocycles. The molecule has 0 saturated heterocycles. The van der Waals surface area contributed by atoms with Crippen molar-refractivity contribution in [1.29, 1.82) is 5.26 Å². The van der Waals surface area contributed by atoms with Crippen LogP contribution in [-0.2, 0) is 0 Å². The summed E-state index contributed by atoms with van der Waals surface area (Å²) in [5.41, 5.74) is 0.899. The SMILES string of the molecule is Cc1ccc(C=Cc2c(C#N)c(C)[nH]c(=O)c2[N+](=O)[O-])cc1. The molecule has 0 saturated carbocycles. The molecule has 0 radical (unpaired) electrons. The third kappa shape index (κ3) is 2.94. The van der Waals surface area contributed by atoms with Crippen LogP contribution in [0.3, 0.4) is 0 Å². The molecule has 0 aliphatic heterocycles. The summed E-state index contributed by atoms with van der Waals surface area (Å²) in [6, 6.07) is 9.42. The molecular formula is C16H13N3O3. The van der Waals surface area contributed by atoms with Crippen molar-refractivity contribution in [3.63, 3.8) is 0 Å². The molecule has 0 fully saturated rings. The highest BCUT2D eigenvalue weighted by Crippen LogP contribution is 2.22. The third-order valence-electron chi connectivity index (χ3n) is 3.23. The van der Waals surface area contributed by atoms with Gasteiger partial charge in [0.05, 0.1) is 16.1 Å². The average molecular weight is 295 g/mol. The molecule has 6 nitrogen and oxygen atoms in total. The maximum absolute atomic E-state index is 11.8. The molecule has 6 heteroatoms. The summed E-state index contributed by atoms with van der Waals surface area (Å²) in [7, 11) is 0. The maximum atomic E-state index is 11.8. The molecule has 1 aromatic heterocycles. The third-order valence-corrected chi connectivity index (χ3v) is 3.23. The Morgan fingerprint density at radius 2 is 1.86 bits per heavy atom. The van der Waals surface area contributed by atoms with Crippen LogP contribution in [0.1, 0.15) is 27.9 Å². The zero-order valence-corrected chi connectivity index (χ0v) is 12.1. The van der Waals surface area contributed by atoms with Crippen molar-refractivity contribution in [2.24, 2.45) is 0 Å². The van der Waals surface area contributed by atoms with Gasteiger partial charge in [-0.1, -0.05) is 35.9 Å². The van der Waals surface area contributed by atoms with Crippen LogP contribution in [0.25, 0.3) is 12.2 Å². The Bertz CT molecular complexity index is 856. The number of nitriles is 1. The monoisotopic (exact) mass is 295 g/mol. The van der Waals surface area contributed by atoms with Crippen molar-refractivity contribution in [3.05, 3.63) is 72.7 Å². The number of nitro groups is 1. The van der Waals surface area contributed by atoms with Crippen molar-refractivity contribution in [2.45, 2.75) is 13.8 Å². The summed E-state index contributed by atoms with van der Waals surface area (Å²) >= 11 is 0. The van der Waals surface area contributed by atoms with Gasteiger partial charge in [0.25, 0.3) is 0 Å². The van der Waals surface area contributed by atoms with Gasteiger partial charge in [0.2, 0.25) is 0 Å². The van der Waals surface area contributed by atoms with E-state index in [4.69, 9.17) is 0 Å². The molecule has 1 aromatic carbocycles. The second-order valence-corrected chi connectivity index (χ2v) is 4.83. The molecular weight excluding hydrogens is 282 g/mol. The van der Waals surface area contributed by atoms with Crippen LogP contribution in [0.2, 0.25) is 0 Å². The van der Waals surface area contributed by atoms with Gasteiger partial charge in [-0.05, 0) is 25.5 Å². The van der Waals surface area contributed by atoms with Gasteiger partial charge in [-0.15, -0.1) is 0 Å². The number of aryl methyl sites for hydroxylation is 2. The molecule has 0 aliphatic rings. The summed E-state index contributed by atoms with van der Waals surface area (Å²) in [5.74, 6) is 0. The van der Waals surface area contributed by atoms with Gasteiger partial charge in [-0.2, -0.15) is 5.26 Å². The number of H-pyrrole nitrogens is 1. The largest absolute Gasteiger partial charge is 0.342 e. The van der Waals surface area contributed by atoms with Crippen LogP contribution in [0.5, 0.6) is 0 Å². The highest BCUT2D eigenvalue weighted by Gasteiger charge is 2.22. The van der Waals surface area contributed by atoms with Crippen LogP contribution in [0, 0.1) is 35.3 Å². The average Bonchev–Trinajstić information content (AvgIpc) is 2.45. The van der Waals surface area contributed by atoms with Crippen molar-refractivity contribution in [1.82, 2.24) is 4.98 Å². The fourth-order valence-electron chi connectivity index (χ4n) is 2.08. The van der Waals surface area contributed by atoms with Gasteiger partial charge in [0.1, 0.15) is 6.07 Å². The fraction of sp³-hybridized carbons (Fsp3) is 0.125. The van der Waals surface area contributed by atoms with Crippen molar-refractivity contribution in [3.8, 4) is 6.07 Å². The van der Waals surface area contributed by atoms with Gasteiger partial charge in [0, 0.05) is 5.69 Å². The first-order valence-electron chi connectivity index (χ1n) is 6.50. The Kier molecular flexibility index (Phi) is 4.18. The van der Waals surface area contributed by atoms with E-state index in [1.54, 1.807) is 6.08 Å². The lowest BCUT2D eigenvalue weighted by Gasteiger charge is -2.03. The van der Waals surface area contributed by atoms with E-state index in [-0.39, 0.29) is 11.1 Å². The minimum Gasteiger partial charge on any atom is -0.319 e. The number of hydrogen-bond donors (Lipinski definition) is 1. The molecule has 1 N–H and O–H groups in total. The van der Waals surface area contributed by atoms with Crippen LogP contribution in [0.15, 0.2) is 29.1 Å². The lowest BCUT2D eigenvalue weighted by Crippen LogP contribution is -2.16. The van der Waals surface area contributed by atoms with E-state index in [1.807, 2.05) is 37.3 Å². The Labute approximate surface area is 126 Å². The van der Waals surface area contributed by atoms with E-state index in [9.17, 15) is 20.2 Å². The minimum atomic E-state index is -0.815. The number of aromatic amines is 1. The van der Waals surface area contributed by atoms with E-state index in [2.05, 4.69) is 4.98 Å². The topological polar surface area (TPSA) is 99.8 Å². The zero-order valence-electron chi connectivity index (χ0n) is 12.1. The first-order chi connectivity index (χ1) is 10.4. The molecule has 0 unspecified atom stereocenters. The standard InChI is InChI=1S/C16H13N3O3/c1-10-3-5-12(6-4-10)7-8-13-14(9-17)11(2)18-16(20)15(13)19(21)22/h3-8H,1-2H3,(H,18,20). The lowest BCUT2D eigenvalue weighted by atomic mass is 10.0. The van der Waals surface area contributed by atoms with Crippen LogP contribution in [0.4, 0.5) is 5.69 Å². The molecule has 22 heavy (non-hydrogen) atoms. The normalized spacial score (nSPS) is 10.6. The van der Waals surface area contributed by atoms with E-state index >= 15 is 0 Å². The first kappa shape index (κ1) is 15.2. The predicted octanol–water partition coefficient (Wildman–Crippen LogP) is 2.94. The molecule has 0 amide bonds. The highest BCUT2D eigenvalue weighted by molar-refractivity contribution is 5.77. The Morgan fingerprint density at radius 3 is 2.41 bits per heavy atom. The quantitative estimate of drug-likeness (QED) is 0.695. The molecule has 2 rings (SSSR count). The number of pyridine rings is 1. The van der Waals surface area contributed by atoms with Crippen LogP contribution < -0.4 is 5.56 Å². The summed E-state index contributed by atoms with van der Waals surface area (Å²) in [5, 5.41) is 20.3. The second-order valence-electron chi connectivity index (χ2n) is 4.83. The molecule has 0 bridgehead atoms. The second kappa shape index (κ2) is 6.06. The number of rotatable bonds is 3. The summed E-state index contributed by atoms with van der Waals surface area (Å²) in [4.78, 5) is 24.5. The Balaban J connectivity index is 2.63. The first-order valence-corrected chi connectivity index (χ1v) is 6.50.